The van der Waals surface area contributed by atoms with E-state index in [0.717, 1.165) is 0 Å². The molecule has 4 N–H and O–H groups in total. The molecule has 0 saturated heterocycles. The van der Waals surface area contributed by atoms with Gasteiger partial charge < -0.3 is 4.42 Å². The zero-order valence-corrected chi connectivity index (χ0v) is 10.1. The first kappa shape index (κ1) is 15.7. The van der Waals surface area contributed by atoms with E-state index in [4.69, 9.17) is 0 Å². The van der Waals surface area contributed by atoms with Crippen molar-refractivity contribution in [2.75, 3.05) is 0 Å². The number of alkyl halides is 4. The molecule has 0 saturated carbocycles. The quantitative estimate of drug-likeness (QED) is 0.653. The molecule has 0 aliphatic heterocycles. The van der Waals surface area contributed by atoms with Gasteiger partial charge in [0.25, 0.3) is 20.0 Å². The topological polar surface area (TPSA) is 159 Å². The van der Waals surface area contributed by atoms with Gasteiger partial charge in [0.15, 0.2) is 0 Å². The minimum Gasteiger partial charge on any atom is -0.412 e. The molecule has 0 atom stereocenters. The van der Waals surface area contributed by atoms with Gasteiger partial charge in [0.1, 0.15) is 0 Å². The SMILES string of the molecule is NS(=O)(=O)C(F)(F)c1nnc(C(F)(F)S(N)(=O)=O)o1. The number of hydrogen-bond donors (Lipinski definition) is 2. The molecule has 0 fully saturated rings. The number of halogens is 4. The maximum atomic E-state index is 13.0. The molecule has 0 aliphatic carbocycles. The van der Waals surface area contributed by atoms with Crippen molar-refractivity contribution < 1.29 is 38.8 Å². The van der Waals surface area contributed by atoms with Crippen molar-refractivity contribution in [3.05, 3.63) is 11.8 Å². The van der Waals surface area contributed by atoms with Crippen LogP contribution in [-0.4, -0.2) is 27.0 Å². The Morgan fingerprint density at radius 3 is 1.32 bits per heavy atom. The van der Waals surface area contributed by atoms with E-state index in [1.165, 1.54) is 0 Å². The highest BCUT2D eigenvalue weighted by molar-refractivity contribution is 7.90. The first-order chi connectivity index (χ1) is 8.21. The fraction of sp³-hybridized carbons (Fsp3) is 0.500. The highest BCUT2D eigenvalue weighted by atomic mass is 32.2. The monoisotopic (exact) mass is 328 g/mol. The van der Waals surface area contributed by atoms with Crippen molar-refractivity contribution in [2.45, 2.75) is 10.5 Å². The molecule has 19 heavy (non-hydrogen) atoms. The van der Waals surface area contributed by atoms with Gasteiger partial charge >= 0.3 is 22.3 Å². The van der Waals surface area contributed by atoms with E-state index in [2.05, 4.69) is 24.9 Å². The van der Waals surface area contributed by atoms with Crippen LogP contribution >= 0.6 is 0 Å². The van der Waals surface area contributed by atoms with E-state index in [0.29, 0.717) is 0 Å². The molecule has 15 heteroatoms. The van der Waals surface area contributed by atoms with E-state index in [1.54, 1.807) is 0 Å². The Morgan fingerprint density at radius 2 is 1.11 bits per heavy atom. The van der Waals surface area contributed by atoms with Crippen LogP contribution in [-0.2, 0) is 30.6 Å². The zero-order chi connectivity index (χ0) is 15.3. The highest BCUT2D eigenvalue weighted by Crippen LogP contribution is 2.36. The second-order valence-corrected chi connectivity index (χ2v) is 6.24. The van der Waals surface area contributed by atoms with Gasteiger partial charge in [-0.3, -0.25) is 0 Å². The van der Waals surface area contributed by atoms with E-state index in [-0.39, 0.29) is 0 Å². The van der Waals surface area contributed by atoms with E-state index < -0.39 is 42.3 Å². The Balaban J connectivity index is 3.38. The molecule has 0 aromatic carbocycles. The molecular weight excluding hydrogens is 324 g/mol. The van der Waals surface area contributed by atoms with Crippen molar-refractivity contribution >= 4 is 20.0 Å². The molecule has 0 aliphatic rings. The maximum Gasteiger partial charge on any atom is 0.434 e. The molecule has 1 heterocycles. The summed E-state index contributed by atoms with van der Waals surface area (Å²) in [5, 5.41) is 2.91. The largest absolute Gasteiger partial charge is 0.434 e. The molecule has 0 spiro atoms. The normalized spacial score (nSPS) is 14.6. The standard InChI is InChI=1S/C4H4F4N4O5S2/c5-3(6,18(9,13)14)1-11-12-2(17-1)4(7,8)19(10,15)16/h(H2,9,13,14)(H2,10,15,16). The lowest BCUT2D eigenvalue weighted by Gasteiger charge is -2.09. The second-order valence-electron chi connectivity index (χ2n) is 3.04. The van der Waals surface area contributed by atoms with Crippen molar-refractivity contribution in [1.29, 1.82) is 0 Å². The van der Waals surface area contributed by atoms with Gasteiger partial charge in [-0.25, -0.2) is 27.1 Å². The lowest BCUT2D eigenvalue weighted by Crippen LogP contribution is -2.34. The van der Waals surface area contributed by atoms with E-state index in [1.807, 2.05) is 0 Å². The summed E-state index contributed by atoms with van der Waals surface area (Å²) in [6.45, 7) is 0. The molecule has 110 valence electrons. The van der Waals surface area contributed by atoms with Crippen molar-refractivity contribution in [3.63, 3.8) is 0 Å². The molecule has 0 radical (unpaired) electrons. The van der Waals surface area contributed by atoms with Gasteiger partial charge in [-0.1, -0.05) is 0 Å². The van der Waals surface area contributed by atoms with Crippen LogP contribution in [0.4, 0.5) is 17.6 Å². The molecule has 0 bridgehead atoms. The summed E-state index contributed by atoms with van der Waals surface area (Å²) in [5.74, 6) is -4.23. The predicted octanol–water partition coefficient (Wildman–Crippen LogP) is -1.25. The van der Waals surface area contributed by atoms with Crippen LogP contribution < -0.4 is 10.3 Å². The highest BCUT2D eigenvalue weighted by Gasteiger charge is 2.55. The summed E-state index contributed by atoms with van der Waals surface area (Å²) >= 11 is 0. The summed E-state index contributed by atoms with van der Waals surface area (Å²) in [4.78, 5) is 0. The van der Waals surface area contributed by atoms with Crippen LogP contribution in [0.2, 0.25) is 0 Å². The van der Waals surface area contributed by atoms with Crippen molar-refractivity contribution in [1.82, 2.24) is 10.2 Å². The summed E-state index contributed by atoms with van der Waals surface area (Å²) in [6, 6.07) is 0. The van der Waals surface area contributed by atoms with Gasteiger partial charge in [0.2, 0.25) is 0 Å². The van der Waals surface area contributed by atoms with Gasteiger partial charge in [-0.15, -0.1) is 10.2 Å². The van der Waals surface area contributed by atoms with Crippen LogP contribution in [0, 0.1) is 0 Å². The summed E-state index contributed by atoms with van der Waals surface area (Å²) < 4.78 is 97.6. The maximum absolute atomic E-state index is 13.0. The molecular formula is C4H4F4N4O5S2. The number of hydrogen-bond acceptors (Lipinski definition) is 7. The first-order valence-electron chi connectivity index (χ1n) is 3.86. The number of nitrogens with two attached hydrogens (primary N) is 2. The molecule has 1 aromatic heterocycles. The van der Waals surface area contributed by atoms with Crippen LogP contribution in [0.1, 0.15) is 11.8 Å². The zero-order valence-electron chi connectivity index (χ0n) is 8.42. The van der Waals surface area contributed by atoms with Crippen LogP contribution in [0.3, 0.4) is 0 Å². The summed E-state index contributed by atoms with van der Waals surface area (Å²) in [7, 11) is -11.2. The number of sulfonamides is 2. The summed E-state index contributed by atoms with van der Waals surface area (Å²) in [5.41, 5.74) is 0. The van der Waals surface area contributed by atoms with Crippen LogP contribution in [0.5, 0.6) is 0 Å². The number of aromatic nitrogens is 2. The molecule has 9 nitrogen and oxygen atoms in total. The minimum absolute atomic E-state index is 2.12. The van der Waals surface area contributed by atoms with Gasteiger partial charge in [0.05, 0.1) is 0 Å². The van der Waals surface area contributed by atoms with Crippen molar-refractivity contribution in [2.24, 2.45) is 10.3 Å². The Morgan fingerprint density at radius 1 is 0.842 bits per heavy atom. The predicted molar refractivity (Wildman–Crippen MR) is 48.3 cm³/mol. The average Bonchev–Trinajstić information content (AvgIpc) is 2.62. The average molecular weight is 328 g/mol. The van der Waals surface area contributed by atoms with Gasteiger partial charge in [-0.2, -0.15) is 17.6 Å². The third-order valence-corrected chi connectivity index (χ3v) is 3.42. The molecule has 0 amide bonds. The Kier molecular flexibility index (Phi) is 3.38. The van der Waals surface area contributed by atoms with Crippen molar-refractivity contribution in [3.8, 4) is 0 Å². The second kappa shape index (κ2) is 4.09. The van der Waals surface area contributed by atoms with Crippen LogP contribution in [0.25, 0.3) is 0 Å². The lowest BCUT2D eigenvalue weighted by atomic mass is 10.7. The lowest BCUT2D eigenvalue weighted by molar-refractivity contribution is 0.0331. The fourth-order valence-corrected chi connectivity index (χ4v) is 1.35. The molecule has 1 rings (SSSR count). The van der Waals surface area contributed by atoms with E-state index in [9.17, 15) is 34.4 Å². The first-order valence-corrected chi connectivity index (χ1v) is 6.95. The Bertz CT molecular complexity index is 636. The molecule has 1 aromatic rings. The Labute approximate surface area is 102 Å². The third-order valence-electron chi connectivity index (χ3n) is 1.64. The van der Waals surface area contributed by atoms with Gasteiger partial charge in [0, 0.05) is 0 Å². The van der Waals surface area contributed by atoms with E-state index >= 15 is 0 Å². The smallest absolute Gasteiger partial charge is 0.412 e. The third kappa shape index (κ3) is 2.53. The number of primary sulfonamides is 2. The fourth-order valence-electron chi connectivity index (χ4n) is 0.702. The van der Waals surface area contributed by atoms with Gasteiger partial charge in [-0.05, 0) is 0 Å². The Hall–Kier alpha value is -1.32. The minimum atomic E-state index is -5.58. The summed E-state index contributed by atoms with van der Waals surface area (Å²) in [6.07, 6.45) is 0. The molecule has 0 unspecified atom stereocenters. The van der Waals surface area contributed by atoms with Crippen LogP contribution in [0.15, 0.2) is 4.42 Å². The number of nitrogens with zero attached hydrogens (tertiary/aromatic N) is 2. The number of rotatable bonds is 4.